The zero-order valence-electron chi connectivity index (χ0n) is 9.14. The number of nitrogens with zero attached hydrogens (tertiary/aromatic N) is 1. The summed E-state index contributed by atoms with van der Waals surface area (Å²) in [4.78, 5) is 3.85. The lowest BCUT2D eigenvalue weighted by atomic mass is 10.3. The molecule has 1 heterocycles. The minimum absolute atomic E-state index is 0.0239. The number of nitrogens with one attached hydrogen (secondary N) is 1. The quantitative estimate of drug-likeness (QED) is 0.892. The minimum atomic E-state index is -4.24. The highest BCUT2D eigenvalue weighted by atomic mass is 35.5. The van der Waals surface area contributed by atoms with Crippen molar-refractivity contribution in [1.82, 2.24) is 10.3 Å². The van der Waals surface area contributed by atoms with E-state index < -0.39 is 19.2 Å². The molecule has 3 nitrogen and oxygen atoms in total. The molecule has 0 bridgehead atoms. The number of alkyl halides is 3. The van der Waals surface area contributed by atoms with E-state index in [4.69, 9.17) is 16.3 Å². The van der Waals surface area contributed by atoms with Gasteiger partial charge in [0.05, 0.1) is 13.0 Å². The van der Waals surface area contributed by atoms with E-state index in [2.05, 4.69) is 10.3 Å². The van der Waals surface area contributed by atoms with Gasteiger partial charge in [-0.25, -0.2) is 4.98 Å². The molecule has 0 atom stereocenters. The summed E-state index contributed by atoms with van der Waals surface area (Å²) < 4.78 is 40.5. The average Bonchev–Trinajstić information content (AvgIpc) is 2.20. The molecule has 1 N–H and O–H groups in total. The maximum Gasteiger partial charge on any atom is 0.392 e. The molecular weight excluding hydrogens is 257 g/mol. The molecule has 0 radical (unpaired) electrons. The lowest BCUT2D eigenvalue weighted by Gasteiger charge is -2.09. The zero-order chi connectivity index (χ0) is 12.9. The normalized spacial score (nSPS) is 11.6. The smallest absolute Gasteiger partial charge is 0.392 e. The number of hydrogen-bond donors (Lipinski definition) is 1. The summed E-state index contributed by atoms with van der Waals surface area (Å²) in [7, 11) is 1.77. The zero-order valence-corrected chi connectivity index (χ0v) is 9.90. The van der Waals surface area contributed by atoms with Crippen LogP contribution >= 0.6 is 11.6 Å². The molecule has 0 spiro atoms. The van der Waals surface area contributed by atoms with Crippen molar-refractivity contribution in [3.8, 4) is 5.88 Å². The van der Waals surface area contributed by atoms with Crippen LogP contribution in [0.1, 0.15) is 12.0 Å². The topological polar surface area (TPSA) is 34.2 Å². The van der Waals surface area contributed by atoms with Crippen molar-refractivity contribution in [3.63, 3.8) is 0 Å². The van der Waals surface area contributed by atoms with Gasteiger partial charge in [-0.15, -0.1) is 0 Å². The Bertz CT molecular complexity index is 371. The first-order valence-electron chi connectivity index (χ1n) is 4.91. The molecule has 0 amide bonds. The minimum Gasteiger partial charge on any atom is -0.476 e. The maximum atomic E-state index is 11.9. The first-order valence-corrected chi connectivity index (χ1v) is 5.29. The summed E-state index contributed by atoms with van der Waals surface area (Å²) >= 11 is 5.82. The Hall–Kier alpha value is -1.01. The number of pyridine rings is 1. The Morgan fingerprint density at radius 2 is 2.18 bits per heavy atom. The summed E-state index contributed by atoms with van der Waals surface area (Å²) in [6, 6.07) is 1.61. The molecular formula is C10H12ClF3N2O. The second kappa shape index (κ2) is 6.07. The SMILES string of the molecule is CNCc1cnc(OCCC(F)(F)F)c(Cl)c1. The number of aromatic nitrogens is 1. The first kappa shape index (κ1) is 14.1. The van der Waals surface area contributed by atoms with E-state index in [0.717, 1.165) is 5.56 Å². The van der Waals surface area contributed by atoms with Crippen molar-refractivity contribution in [3.05, 3.63) is 22.8 Å². The highest BCUT2D eigenvalue weighted by Gasteiger charge is 2.27. The lowest BCUT2D eigenvalue weighted by molar-refractivity contribution is -0.139. The first-order chi connectivity index (χ1) is 7.92. The summed E-state index contributed by atoms with van der Waals surface area (Å²) in [6.45, 7) is 0.0944. The van der Waals surface area contributed by atoms with Gasteiger partial charge in [0.1, 0.15) is 5.02 Å². The van der Waals surface area contributed by atoms with Crippen molar-refractivity contribution in [2.75, 3.05) is 13.7 Å². The van der Waals surface area contributed by atoms with Crippen LogP contribution in [0.4, 0.5) is 13.2 Å². The third-order valence-electron chi connectivity index (χ3n) is 1.87. The predicted octanol–water partition coefficient (Wildman–Crippen LogP) is 2.79. The Morgan fingerprint density at radius 1 is 1.47 bits per heavy atom. The van der Waals surface area contributed by atoms with Crippen molar-refractivity contribution in [1.29, 1.82) is 0 Å². The Balaban J connectivity index is 2.54. The Labute approximate surface area is 102 Å². The fraction of sp³-hybridized carbons (Fsp3) is 0.500. The van der Waals surface area contributed by atoms with Crippen LogP contribution in [0.25, 0.3) is 0 Å². The van der Waals surface area contributed by atoms with E-state index in [1.54, 1.807) is 13.1 Å². The molecule has 17 heavy (non-hydrogen) atoms. The summed E-state index contributed by atoms with van der Waals surface area (Å²) in [5.41, 5.74) is 0.834. The van der Waals surface area contributed by atoms with Gasteiger partial charge in [-0.1, -0.05) is 11.6 Å². The van der Waals surface area contributed by atoms with Crippen molar-refractivity contribution >= 4 is 11.6 Å². The van der Waals surface area contributed by atoms with Crippen LogP contribution in [-0.4, -0.2) is 24.8 Å². The maximum absolute atomic E-state index is 11.9. The van der Waals surface area contributed by atoms with Crippen LogP contribution in [0, 0.1) is 0 Å². The average molecular weight is 269 g/mol. The standard InChI is InChI=1S/C10H12ClF3N2O/c1-15-5-7-4-8(11)9(16-6-7)17-3-2-10(12,13)14/h4,6,15H,2-3,5H2,1H3. The van der Waals surface area contributed by atoms with E-state index >= 15 is 0 Å². The van der Waals surface area contributed by atoms with Crippen molar-refractivity contribution in [2.24, 2.45) is 0 Å². The van der Waals surface area contributed by atoms with Gasteiger partial charge in [0, 0.05) is 12.7 Å². The van der Waals surface area contributed by atoms with Crippen LogP contribution in [0.2, 0.25) is 5.02 Å². The van der Waals surface area contributed by atoms with Crippen LogP contribution in [0.3, 0.4) is 0 Å². The Kier molecular flexibility index (Phi) is 5.02. The molecule has 96 valence electrons. The predicted molar refractivity (Wildman–Crippen MR) is 58.2 cm³/mol. The van der Waals surface area contributed by atoms with Gasteiger partial charge in [0.25, 0.3) is 0 Å². The molecule has 0 unspecified atom stereocenters. The molecule has 0 fully saturated rings. The molecule has 0 aromatic carbocycles. The van der Waals surface area contributed by atoms with E-state index in [9.17, 15) is 13.2 Å². The number of ether oxygens (including phenoxy) is 1. The van der Waals surface area contributed by atoms with Gasteiger partial charge in [0.15, 0.2) is 0 Å². The van der Waals surface area contributed by atoms with Crippen LogP contribution in [0.5, 0.6) is 5.88 Å². The van der Waals surface area contributed by atoms with Crippen LogP contribution in [-0.2, 0) is 6.54 Å². The molecule has 0 saturated heterocycles. The number of rotatable bonds is 5. The highest BCUT2D eigenvalue weighted by Crippen LogP contribution is 2.24. The molecule has 0 aliphatic carbocycles. The van der Waals surface area contributed by atoms with Gasteiger partial charge < -0.3 is 10.1 Å². The van der Waals surface area contributed by atoms with Crippen LogP contribution in [0.15, 0.2) is 12.3 Å². The van der Waals surface area contributed by atoms with E-state index in [1.165, 1.54) is 6.20 Å². The van der Waals surface area contributed by atoms with E-state index in [0.29, 0.717) is 6.54 Å². The molecule has 0 aliphatic heterocycles. The molecule has 0 saturated carbocycles. The fourth-order valence-corrected chi connectivity index (χ4v) is 1.38. The van der Waals surface area contributed by atoms with Gasteiger partial charge >= 0.3 is 6.18 Å². The summed E-state index contributed by atoms with van der Waals surface area (Å²) in [5.74, 6) is 0.0239. The second-order valence-corrected chi connectivity index (χ2v) is 3.78. The number of halogens is 4. The van der Waals surface area contributed by atoms with E-state index in [1.807, 2.05) is 0 Å². The molecule has 1 aromatic heterocycles. The van der Waals surface area contributed by atoms with E-state index in [-0.39, 0.29) is 10.9 Å². The second-order valence-electron chi connectivity index (χ2n) is 3.37. The largest absolute Gasteiger partial charge is 0.476 e. The van der Waals surface area contributed by atoms with Crippen molar-refractivity contribution in [2.45, 2.75) is 19.1 Å². The van der Waals surface area contributed by atoms with Gasteiger partial charge in [0.2, 0.25) is 5.88 Å². The third kappa shape index (κ3) is 5.23. The molecule has 0 aliphatic rings. The molecule has 1 aromatic rings. The van der Waals surface area contributed by atoms with Crippen LogP contribution < -0.4 is 10.1 Å². The summed E-state index contributed by atoms with van der Waals surface area (Å²) in [5, 5.41) is 3.11. The third-order valence-corrected chi connectivity index (χ3v) is 2.14. The van der Waals surface area contributed by atoms with Crippen molar-refractivity contribution < 1.29 is 17.9 Å². The Morgan fingerprint density at radius 3 is 2.71 bits per heavy atom. The fourth-order valence-electron chi connectivity index (χ4n) is 1.14. The van der Waals surface area contributed by atoms with Gasteiger partial charge in [-0.3, -0.25) is 0 Å². The number of hydrogen-bond acceptors (Lipinski definition) is 3. The molecule has 7 heteroatoms. The van der Waals surface area contributed by atoms with Gasteiger partial charge in [-0.2, -0.15) is 13.2 Å². The highest BCUT2D eigenvalue weighted by molar-refractivity contribution is 6.31. The monoisotopic (exact) mass is 268 g/mol. The van der Waals surface area contributed by atoms with Gasteiger partial charge in [-0.05, 0) is 18.7 Å². The summed E-state index contributed by atoms with van der Waals surface area (Å²) in [6.07, 6.45) is -3.76. The lowest BCUT2D eigenvalue weighted by Crippen LogP contribution is -2.13. The molecule has 1 rings (SSSR count).